The number of carbonyl (C=O) groups excluding carboxylic acids is 2. The topological polar surface area (TPSA) is 37.4 Å². The van der Waals surface area contributed by atoms with Crippen LogP contribution in [0.5, 0.6) is 0 Å². The molecule has 82 valence electrons. The number of likely N-dealkylation sites (tertiary alicyclic amines) is 1. The van der Waals surface area contributed by atoms with Crippen molar-refractivity contribution in [3.8, 4) is 12.3 Å². The molecule has 1 aliphatic heterocycles. The van der Waals surface area contributed by atoms with Gasteiger partial charge in [0.05, 0.1) is 6.04 Å². The molecule has 0 aromatic rings. The van der Waals surface area contributed by atoms with Crippen molar-refractivity contribution in [3.05, 3.63) is 0 Å². The van der Waals surface area contributed by atoms with Crippen molar-refractivity contribution in [1.29, 1.82) is 0 Å². The molecule has 1 unspecified atom stereocenters. The SMILES string of the molecule is C#CCC(CC)N1C(=O)CC(C)CC1=O. The van der Waals surface area contributed by atoms with Crippen LogP contribution >= 0.6 is 0 Å². The molecule has 0 aromatic heterocycles. The lowest BCUT2D eigenvalue weighted by molar-refractivity contribution is -0.152. The number of amides is 2. The molecule has 0 aliphatic carbocycles. The number of hydrogen-bond acceptors (Lipinski definition) is 2. The van der Waals surface area contributed by atoms with Crippen molar-refractivity contribution < 1.29 is 9.59 Å². The lowest BCUT2D eigenvalue weighted by Crippen LogP contribution is -2.48. The van der Waals surface area contributed by atoms with Gasteiger partial charge < -0.3 is 0 Å². The molecule has 0 radical (unpaired) electrons. The van der Waals surface area contributed by atoms with Gasteiger partial charge in [-0.05, 0) is 12.3 Å². The first kappa shape index (κ1) is 11.8. The predicted octanol–water partition coefficient (Wildman–Crippen LogP) is 1.57. The zero-order chi connectivity index (χ0) is 11.4. The molecule has 1 rings (SSSR count). The third kappa shape index (κ3) is 2.59. The van der Waals surface area contributed by atoms with Crippen LogP contribution < -0.4 is 0 Å². The molecule has 2 amide bonds. The summed E-state index contributed by atoms with van der Waals surface area (Å²) in [6.45, 7) is 3.87. The highest BCUT2D eigenvalue weighted by atomic mass is 16.2. The van der Waals surface area contributed by atoms with Crippen LogP contribution in [0.15, 0.2) is 0 Å². The zero-order valence-electron chi connectivity index (χ0n) is 9.32. The van der Waals surface area contributed by atoms with Crippen LogP contribution in [-0.4, -0.2) is 22.8 Å². The molecule has 0 saturated carbocycles. The summed E-state index contributed by atoms with van der Waals surface area (Å²) in [5, 5.41) is 0. The van der Waals surface area contributed by atoms with Gasteiger partial charge in [-0.15, -0.1) is 12.3 Å². The van der Waals surface area contributed by atoms with Crippen molar-refractivity contribution in [2.45, 2.75) is 45.6 Å². The van der Waals surface area contributed by atoms with Gasteiger partial charge in [-0.2, -0.15) is 0 Å². The van der Waals surface area contributed by atoms with E-state index in [9.17, 15) is 9.59 Å². The standard InChI is InChI=1S/C12H17NO2/c1-4-6-10(5-2)13-11(14)7-9(3)8-12(13)15/h1,9-10H,5-8H2,2-3H3. The van der Waals surface area contributed by atoms with E-state index in [-0.39, 0.29) is 23.8 Å². The maximum atomic E-state index is 11.7. The first-order valence-electron chi connectivity index (χ1n) is 5.38. The lowest BCUT2D eigenvalue weighted by atomic mass is 9.95. The van der Waals surface area contributed by atoms with Gasteiger partial charge in [-0.1, -0.05) is 13.8 Å². The van der Waals surface area contributed by atoms with E-state index in [1.54, 1.807) is 0 Å². The molecule has 0 N–H and O–H groups in total. The molecule has 0 bridgehead atoms. The Morgan fingerprint density at radius 2 is 2.00 bits per heavy atom. The van der Waals surface area contributed by atoms with E-state index < -0.39 is 0 Å². The van der Waals surface area contributed by atoms with Crippen molar-refractivity contribution in [3.63, 3.8) is 0 Å². The summed E-state index contributed by atoms with van der Waals surface area (Å²) in [4.78, 5) is 24.8. The van der Waals surface area contributed by atoms with E-state index >= 15 is 0 Å². The highest BCUT2D eigenvalue weighted by molar-refractivity contribution is 5.98. The van der Waals surface area contributed by atoms with Crippen molar-refractivity contribution in [2.24, 2.45) is 5.92 Å². The quantitative estimate of drug-likeness (QED) is 0.520. The summed E-state index contributed by atoms with van der Waals surface area (Å²) in [7, 11) is 0. The molecule has 1 aliphatic rings. The Labute approximate surface area is 90.8 Å². The fourth-order valence-corrected chi connectivity index (χ4v) is 1.97. The van der Waals surface area contributed by atoms with E-state index in [1.165, 1.54) is 4.90 Å². The van der Waals surface area contributed by atoms with Crippen LogP contribution in [0, 0.1) is 18.3 Å². The second-order valence-corrected chi connectivity index (χ2v) is 4.14. The van der Waals surface area contributed by atoms with Crippen LogP contribution in [0.1, 0.15) is 39.5 Å². The number of piperidine rings is 1. The monoisotopic (exact) mass is 207 g/mol. The van der Waals surface area contributed by atoms with Gasteiger partial charge in [0.25, 0.3) is 0 Å². The van der Waals surface area contributed by atoms with Crippen LogP contribution in [0.4, 0.5) is 0 Å². The van der Waals surface area contributed by atoms with Gasteiger partial charge >= 0.3 is 0 Å². The summed E-state index contributed by atoms with van der Waals surface area (Å²) in [6.07, 6.45) is 7.35. The molecule has 15 heavy (non-hydrogen) atoms. The van der Waals surface area contributed by atoms with Crippen LogP contribution in [0.25, 0.3) is 0 Å². The highest BCUT2D eigenvalue weighted by Gasteiger charge is 2.34. The number of rotatable bonds is 3. The maximum absolute atomic E-state index is 11.7. The Balaban J connectivity index is 2.78. The van der Waals surface area contributed by atoms with E-state index in [1.807, 2.05) is 13.8 Å². The first-order chi connectivity index (χ1) is 7.10. The Hall–Kier alpha value is -1.30. The smallest absolute Gasteiger partial charge is 0.229 e. The number of carbonyl (C=O) groups is 2. The van der Waals surface area contributed by atoms with Crippen molar-refractivity contribution in [1.82, 2.24) is 4.90 Å². The van der Waals surface area contributed by atoms with Gasteiger partial charge in [-0.3, -0.25) is 14.5 Å². The van der Waals surface area contributed by atoms with Gasteiger partial charge in [0.15, 0.2) is 0 Å². The van der Waals surface area contributed by atoms with E-state index in [0.29, 0.717) is 19.3 Å². The average Bonchev–Trinajstić information content (AvgIpc) is 2.14. The first-order valence-corrected chi connectivity index (χ1v) is 5.38. The van der Waals surface area contributed by atoms with Crippen LogP contribution in [-0.2, 0) is 9.59 Å². The van der Waals surface area contributed by atoms with Gasteiger partial charge in [0.1, 0.15) is 0 Å². The molecule has 1 fully saturated rings. The Kier molecular flexibility index (Phi) is 3.90. The Morgan fingerprint density at radius 1 is 1.47 bits per heavy atom. The number of nitrogens with zero attached hydrogens (tertiary/aromatic N) is 1. The van der Waals surface area contributed by atoms with Gasteiger partial charge in [-0.25, -0.2) is 0 Å². The number of hydrogen-bond donors (Lipinski definition) is 0. The minimum Gasteiger partial charge on any atom is -0.279 e. The molecule has 3 heteroatoms. The van der Waals surface area contributed by atoms with E-state index in [4.69, 9.17) is 6.42 Å². The summed E-state index contributed by atoms with van der Waals surface area (Å²) < 4.78 is 0. The molecular weight excluding hydrogens is 190 g/mol. The summed E-state index contributed by atoms with van der Waals surface area (Å²) in [5.74, 6) is 2.56. The predicted molar refractivity (Wildman–Crippen MR) is 57.8 cm³/mol. The normalized spacial score (nSPS) is 20.2. The summed E-state index contributed by atoms with van der Waals surface area (Å²) in [5.41, 5.74) is 0. The number of imide groups is 1. The zero-order valence-corrected chi connectivity index (χ0v) is 9.32. The molecule has 3 nitrogen and oxygen atoms in total. The molecule has 1 heterocycles. The largest absolute Gasteiger partial charge is 0.279 e. The minimum absolute atomic E-state index is 0.0687. The van der Waals surface area contributed by atoms with Crippen LogP contribution in [0.2, 0.25) is 0 Å². The van der Waals surface area contributed by atoms with Crippen LogP contribution in [0.3, 0.4) is 0 Å². The third-order valence-corrected chi connectivity index (χ3v) is 2.77. The van der Waals surface area contributed by atoms with Crippen molar-refractivity contribution in [2.75, 3.05) is 0 Å². The third-order valence-electron chi connectivity index (χ3n) is 2.77. The highest BCUT2D eigenvalue weighted by Crippen LogP contribution is 2.22. The Bertz CT molecular complexity index is 285. The summed E-state index contributed by atoms with van der Waals surface area (Å²) >= 11 is 0. The molecular formula is C12H17NO2. The maximum Gasteiger partial charge on any atom is 0.229 e. The lowest BCUT2D eigenvalue weighted by Gasteiger charge is -2.33. The average molecular weight is 207 g/mol. The fraction of sp³-hybridized carbons (Fsp3) is 0.667. The second-order valence-electron chi connectivity index (χ2n) is 4.14. The molecule has 1 atom stereocenters. The molecule has 0 aromatic carbocycles. The summed E-state index contributed by atoms with van der Waals surface area (Å²) in [6, 6.07) is -0.109. The fourth-order valence-electron chi connectivity index (χ4n) is 1.97. The van der Waals surface area contributed by atoms with Gasteiger partial charge in [0.2, 0.25) is 11.8 Å². The van der Waals surface area contributed by atoms with Gasteiger partial charge in [0, 0.05) is 19.3 Å². The van der Waals surface area contributed by atoms with E-state index in [0.717, 1.165) is 6.42 Å². The van der Waals surface area contributed by atoms with E-state index in [2.05, 4.69) is 5.92 Å². The Morgan fingerprint density at radius 3 is 2.40 bits per heavy atom. The van der Waals surface area contributed by atoms with Crippen molar-refractivity contribution >= 4 is 11.8 Å². The molecule has 1 saturated heterocycles. The second kappa shape index (κ2) is 4.97. The molecule has 0 spiro atoms. The minimum atomic E-state index is -0.109. The number of terminal acetylenes is 1.